The Hall–Kier alpha value is -2.49. The standard InChI is InChI=1S/C22H25F3N4O2/c23-22(24,25)18-3-1-2-17(12-18)21-13-20(26-27-21)16-8-10-28(11-9-16)14-15-4-6-19(7-5-15)29(30)31/h1-7,12,16,20-21,26-27H,8-11,13-14H2. The molecule has 2 aromatic carbocycles. The minimum Gasteiger partial charge on any atom is -0.299 e. The van der Waals surface area contributed by atoms with Crippen molar-refractivity contribution in [3.8, 4) is 0 Å². The molecule has 2 N–H and O–H groups in total. The second kappa shape index (κ2) is 8.94. The minimum absolute atomic E-state index is 0.0950. The zero-order chi connectivity index (χ0) is 22.0. The van der Waals surface area contributed by atoms with Crippen LogP contribution in [0.2, 0.25) is 0 Å². The fourth-order valence-corrected chi connectivity index (χ4v) is 4.54. The van der Waals surface area contributed by atoms with E-state index in [-0.39, 0.29) is 17.8 Å². The Kier molecular flexibility index (Phi) is 6.27. The van der Waals surface area contributed by atoms with Gasteiger partial charge < -0.3 is 0 Å². The van der Waals surface area contributed by atoms with Gasteiger partial charge in [-0.05, 0) is 61.5 Å². The highest BCUT2D eigenvalue weighted by Crippen LogP contribution is 2.34. The van der Waals surface area contributed by atoms with Crippen molar-refractivity contribution in [3.05, 3.63) is 75.3 Å². The summed E-state index contributed by atoms with van der Waals surface area (Å²) in [5.41, 5.74) is 7.66. The van der Waals surface area contributed by atoms with Crippen LogP contribution in [0.1, 0.15) is 42.0 Å². The summed E-state index contributed by atoms with van der Waals surface area (Å²) >= 11 is 0. The average molecular weight is 434 g/mol. The molecule has 4 rings (SSSR count). The van der Waals surface area contributed by atoms with Crippen molar-refractivity contribution in [3.63, 3.8) is 0 Å². The number of halogens is 3. The number of nitrogens with one attached hydrogen (secondary N) is 2. The highest BCUT2D eigenvalue weighted by atomic mass is 19.4. The Labute approximate surface area is 178 Å². The number of rotatable bonds is 5. The first-order chi connectivity index (χ1) is 14.8. The first-order valence-corrected chi connectivity index (χ1v) is 10.4. The average Bonchev–Trinajstić information content (AvgIpc) is 3.24. The molecule has 0 radical (unpaired) electrons. The molecule has 2 unspecified atom stereocenters. The van der Waals surface area contributed by atoms with E-state index in [2.05, 4.69) is 15.8 Å². The molecule has 2 aromatic rings. The summed E-state index contributed by atoms with van der Waals surface area (Å²) in [6.45, 7) is 2.61. The fourth-order valence-electron chi connectivity index (χ4n) is 4.54. The minimum atomic E-state index is -4.34. The molecule has 0 spiro atoms. The number of benzene rings is 2. The van der Waals surface area contributed by atoms with E-state index in [4.69, 9.17) is 0 Å². The maximum absolute atomic E-state index is 13.0. The molecule has 0 bridgehead atoms. The van der Waals surface area contributed by atoms with E-state index in [0.717, 1.165) is 50.5 Å². The lowest BCUT2D eigenvalue weighted by molar-refractivity contribution is -0.384. The number of hydrogen-bond donors (Lipinski definition) is 2. The Morgan fingerprint density at radius 1 is 1.06 bits per heavy atom. The van der Waals surface area contributed by atoms with Crippen molar-refractivity contribution >= 4 is 5.69 Å². The summed E-state index contributed by atoms with van der Waals surface area (Å²) in [6, 6.07) is 12.3. The van der Waals surface area contributed by atoms with Gasteiger partial charge in [0.25, 0.3) is 5.69 Å². The van der Waals surface area contributed by atoms with Gasteiger partial charge in [0, 0.05) is 30.8 Å². The molecule has 2 aliphatic heterocycles. The summed E-state index contributed by atoms with van der Waals surface area (Å²) in [7, 11) is 0. The number of nitrogens with zero attached hydrogens (tertiary/aromatic N) is 2. The number of non-ortho nitro benzene ring substituents is 1. The monoisotopic (exact) mass is 434 g/mol. The van der Waals surface area contributed by atoms with Crippen LogP contribution in [-0.4, -0.2) is 29.0 Å². The third kappa shape index (κ3) is 5.23. The zero-order valence-corrected chi connectivity index (χ0v) is 16.9. The maximum Gasteiger partial charge on any atom is 0.416 e. The van der Waals surface area contributed by atoms with Crippen LogP contribution in [0, 0.1) is 16.0 Å². The van der Waals surface area contributed by atoms with Crippen LogP contribution < -0.4 is 10.9 Å². The number of hydrazine groups is 1. The van der Waals surface area contributed by atoms with Crippen molar-refractivity contribution in [2.75, 3.05) is 13.1 Å². The second-order valence-electron chi connectivity index (χ2n) is 8.34. The number of hydrogen-bond acceptors (Lipinski definition) is 5. The van der Waals surface area contributed by atoms with Crippen LogP contribution in [0.5, 0.6) is 0 Å². The summed E-state index contributed by atoms with van der Waals surface area (Å²) in [5, 5.41) is 10.8. The third-order valence-electron chi connectivity index (χ3n) is 6.30. The van der Waals surface area contributed by atoms with Crippen LogP contribution in [0.4, 0.5) is 18.9 Å². The van der Waals surface area contributed by atoms with Crippen LogP contribution in [-0.2, 0) is 12.7 Å². The lowest BCUT2D eigenvalue weighted by Gasteiger charge is -2.34. The van der Waals surface area contributed by atoms with Crippen LogP contribution >= 0.6 is 0 Å². The summed E-state index contributed by atoms with van der Waals surface area (Å²) in [6.07, 6.45) is -1.57. The van der Waals surface area contributed by atoms with Gasteiger partial charge in [0.05, 0.1) is 10.5 Å². The molecule has 2 saturated heterocycles. The molecule has 0 saturated carbocycles. The van der Waals surface area contributed by atoms with E-state index in [0.29, 0.717) is 11.5 Å². The summed E-state index contributed by atoms with van der Waals surface area (Å²) in [4.78, 5) is 12.7. The van der Waals surface area contributed by atoms with E-state index < -0.39 is 16.7 Å². The molecule has 31 heavy (non-hydrogen) atoms. The number of nitro benzene ring substituents is 1. The van der Waals surface area contributed by atoms with Gasteiger partial charge >= 0.3 is 6.18 Å². The maximum atomic E-state index is 13.0. The van der Waals surface area contributed by atoms with E-state index in [1.807, 2.05) is 0 Å². The normalized spacial score (nSPS) is 23.2. The van der Waals surface area contributed by atoms with Crippen molar-refractivity contribution < 1.29 is 18.1 Å². The number of piperidine rings is 1. The Morgan fingerprint density at radius 2 is 1.77 bits per heavy atom. The number of nitro groups is 1. The third-order valence-corrected chi connectivity index (χ3v) is 6.30. The first kappa shape index (κ1) is 21.7. The van der Waals surface area contributed by atoms with E-state index in [1.54, 1.807) is 18.2 Å². The van der Waals surface area contributed by atoms with E-state index in [9.17, 15) is 23.3 Å². The van der Waals surface area contributed by atoms with Crippen molar-refractivity contribution in [1.82, 2.24) is 15.8 Å². The van der Waals surface area contributed by atoms with E-state index >= 15 is 0 Å². The SMILES string of the molecule is O=[N+]([O-])c1ccc(CN2CCC(C3CC(c4cccc(C(F)(F)F)c4)NN3)CC2)cc1. The van der Waals surface area contributed by atoms with Gasteiger partial charge in [-0.1, -0.05) is 24.3 Å². The molecular formula is C22H25F3N4O2. The largest absolute Gasteiger partial charge is 0.416 e. The molecular weight excluding hydrogens is 409 g/mol. The van der Waals surface area contributed by atoms with Crippen LogP contribution in [0.15, 0.2) is 48.5 Å². The van der Waals surface area contributed by atoms with Crippen molar-refractivity contribution in [2.24, 2.45) is 5.92 Å². The van der Waals surface area contributed by atoms with E-state index in [1.165, 1.54) is 24.3 Å². The number of alkyl halides is 3. The highest BCUT2D eigenvalue weighted by Gasteiger charge is 2.35. The van der Waals surface area contributed by atoms with Crippen LogP contribution in [0.25, 0.3) is 0 Å². The predicted octanol–water partition coefficient (Wildman–Crippen LogP) is 4.43. The Morgan fingerprint density at radius 3 is 2.42 bits per heavy atom. The molecule has 9 heteroatoms. The lowest BCUT2D eigenvalue weighted by atomic mass is 9.86. The summed E-state index contributed by atoms with van der Waals surface area (Å²) in [5.74, 6) is 0.455. The summed E-state index contributed by atoms with van der Waals surface area (Å²) < 4.78 is 39.0. The molecule has 2 aliphatic rings. The molecule has 0 aliphatic carbocycles. The molecule has 2 heterocycles. The molecule has 0 amide bonds. The van der Waals surface area contributed by atoms with Crippen molar-refractivity contribution in [2.45, 2.75) is 44.1 Å². The number of likely N-dealkylation sites (tertiary alicyclic amines) is 1. The van der Waals surface area contributed by atoms with Gasteiger partial charge in [-0.3, -0.25) is 25.9 Å². The zero-order valence-electron chi connectivity index (χ0n) is 16.9. The molecule has 0 aromatic heterocycles. The quantitative estimate of drug-likeness (QED) is 0.538. The lowest BCUT2D eigenvalue weighted by Crippen LogP contribution is -2.42. The molecule has 6 nitrogen and oxygen atoms in total. The Balaban J connectivity index is 1.28. The van der Waals surface area contributed by atoms with Gasteiger partial charge in [-0.25, -0.2) is 0 Å². The van der Waals surface area contributed by atoms with Gasteiger partial charge in [-0.2, -0.15) is 13.2 Å². The second-order valence-corrected chi connectivity index (χ2v) is 8.34. The fraction of sp³-hybridized carbons (Fsp3) is 0.455. The molecule has 2 fully saturated rings. The van der Waals surface area contributed by atoms with Gasteiger partial charge in [0.15, 0.2) is 0 Å². The molecule has 2 atom stereocenters. The molecule has 166 valence electrons. The first-order valence-electron chi connectivity index (χ1n) is 10.4. The topological polar surface area (TPSA) is 70.4 Å². The van der Waals surface area contributed by atoms with Gasteiger partial charge in [-0.15, -0.1) is 0 Å². The van der Waals surface area contributed by atoms with Gasteiger partial charge in [0.1, 0.15) is 0 Å². The smallest absolute Gasteiger partial charge is 0.299 e. The highest BCUT2D eigenvalue weighted by molar-refractivity contribution is 5.33. The van der Waals surface area contributed by atoms with Crippen LogP contribution in [0.3, 0.4) is 0 Å². The Bertz CT molecular complexity index is 912. The van der Waals surface area contributed by atoms with Crippen molar-refractivity contribution in [1.29, 1.82) is 0 Å². The predicted molar refractivity (Wildman–Crippen MR) is 110 cm³/mol. The van der Waals surface area contributed by atoms with Gasteiger partial charge in [0.2, 0.25) is 0 Å².